The summed E-state index contributed by atoms with van der Waals surface area (Å²) in [5, 5.41) is 15.6. The van der Waals surface area contributed by atoms with Crippen LogP contribution in [0.3, 0.4) is 0 Å². The molecule has 1 saturated heterocycles. The lowest BCUT2D eigenvalue weighted by atomic mass is 9.94. The van der Waals surface area contributed by atoms with Gasteiger partial charge < -0.3 is 15.1 Å². The van der Waals surface area contributed by atoms with E-state index >= 15 is 0 Å². The van der Waals surface area contributed by atoms with Crippen LogP contribution in [-0.4, -0.2) is 51.9 Å². The van der Waals surface area contributed by atoms with Crippen LogP contribution in [0, 0.1) is 5.92 Å². The monoisotopic (exact) mass is 447 g/mol. The van der Waals surface area contributed by atoms with Gasteiger partial charge in [-0.2, -0.15) is 4.52 Å². The molecule has 174 valence electrons. The number of piperidine rings is 1. The molecule has 5 rings (SSSR count). The number of hydrogen-bond acceptors (Lipinski definition) is 6. The Bertz CT molecular complexity index is 1070. The lowest BCUT2D eigenvalue weighted by Gasteiger charge is -2.33. The van der Waals surface area contributed by atoms with E-state index in [0.29, 0.717) is 12.6 Å². The molecule has 0 atom stereocenters. The molecule has 1 aliphatic heterocycles. The third kappa shape index (κ3) is 4.94. The Morgan fingerprint density at radius 3 is 2.55 bits per heavy atom. The molecule has 8 nitrogen and oxygen atoms in total. The topological polar surface area (TPSA) is 78.7 Å². The van der Waals surface area contributed by atoms with E-state index in [1.54, 1.807) is 10.8 Å². The van der Waals surface area contributed by atoms with Crippen molar-refractivity contribution in [3.05, 3.63) is 48.3 Å². The van der Waals surface area contributed by atoms with Gasteiger partial charge in [0.1, 0.15) is 12.1 Å². The van der Waals surface area contributed by atoms with Crippen molar-refractivity contribution < 1.29 is 4.79 Å². The van der Waals surface area contributed by atoms with E-state index in [2.05, 4.69) is 61.7 Å². The maximum atomic E-state index is 12.8. The molecule has 0 radical (unpaired) electrons. The normalized spacial score (nSPS) is 17.9. The maximum Gasteiger partial charge on any atom is 0.223 e. The zero-order valence-electron chi connectivity index (χ0n) is 19.4. The van der Waals surface area contributed by atoms with E-state index in [1.807, 2.05) is 12.1 Å². The maximum absolute atomic E-state index is 12.8. The lowest BCUT2D eigenvalue weighted by molar-refractivity contribution is -0.125. The highest BCUT2D eigenvalue weighted by molar-refractivity contribution is 5.79. The highest BCUT2D eigenvalue weighted by Gasteiger charge is 2.26. The first kappa shape index (κ1) is 21.7. The van der Waals surface area contributed by atoms with Gasteiger partial charge in [0.25, 0.3) is 0 Å². The molecular formula is C25H33N7O. The van der Waals surface area contributed by atoms with Gasteiger partial charge in [0, 0.05) is 44.3 Å². The second-order valence-electron chi connectivity index (χ2n) is 9.37. The number of fused-ring (bicyclic) bond motifs is 1. The number of benzene rings is 1. The molecule has 2 aliphatic rings. The Morgan fingerprint density at radius 2 is 1.79 bits per heavy atom. The van der Waals surface area contributed by atoms with Gasteiger partial charge in [0.2, 0.25) is 5.91 Å². The molecule has 1 saturated carbocycles. The number of aromatic nitrogens is 4. The zero-order valence-corrected chi connectivity index (χ0v) is 19.4. The molecule has 3 heterocycles. The molecule has 2 fully saturated rings. The lowest BCUT2D eigenvalue weighted by Crippen LogP contribution is -2.40. The summed E-state index contributed by atoms with van der Waals surface area (Å²) in [5.74, 6) is 1.11. The quantitative estimate of drug-likeness (QED) is 0.624. The van der Waals surface area contributed by atoms with Crippen LogP contribution in [0.2, 0.25) is 0 Å². The van der Waals surface area contributed by atoms with Gasteiger partial charge >= 0.3 is 0 Å². The van der Waals surface area contributed by atoms with E-state index in [1.165, 1.54) is 37.8 Å². The second kappa shape index (κ2) is 9.77. The van der Waals surface area contributed by atoms with Crippen LogP contribution >= 0.6 is 0 Å². The SMILES string of the molecule is CN(c1ccc(CNC(=O)C2CCN(c3ccc4nncn4n3)CC2)cc1)C1CCCCC1. The van der Waals surface area contributed by atoms with E-state index < -0.39 is 0 Å². The van der Waals surface area contributed by atoms with Crippen molar-refractivity contribution in [2.24, 2.45) is 5.92 Å². The number of rotatable bonds is 6. The van der Waals surface area contributed by atoms with E-state index in [9.17, 15) is 4.79 Å². The fourth-order valence-corrected chi connectivity index (χ4v) is 5.12. The largest absolute Gasteiger partial charge is 0.372 e. The second-order valence-corrected chi connectivity index (χ2v) is 9.37. The molecule has 1 N–H and O–H groups in total. The summed E-state index contributed by atoms with van der Waals surface area (Å²) in [6.45, 7) is 2.22. The van der Waals surface area contributed by atoms with Crippen LogP contribution in [0.15, 0.2) is 42.7 Å². The van der Waals surface area contributed by atoms with Crippen LogP contribution in [0.5, 0.6) is 0 Å². The number of carbonyl (C=O) groups is 1. The Balaban J connectivity index is 1.09. The summed E-state index contributed by atoms with van der Waals surface area (Å²) in [6, 6.07) is 13.2. The number of hydrogen-bond donors (Lipinski definition) is 1. The van der Waals surface area contributed by atoms with Crippen molar-refractivity contribution in [3.8, 4) is 0 Å². The number of amides is 1. The molecular weight excluding hydrogens is 414 g/mol. The van der Waals surface area contributed by atoms with Crippen molar-refractivity contribution in [1.29, 1.82) is 0 Å². The Labute approximate surface area is 195 Å². The molecule has 0 unspecified atom stereocenters. The first-order valence-corrected chi connectivity index (χ1v) is 12.2. The minimum absolute atomic E-state index is 0.0524. The van der Waals surface area contributed by atoms with Gasteiger partial charge in [0.05, 0.1) is 0 Å². The summed E-state index contributed by atoms with van der Waals surface area (Å²) >= 11 is 0. The molecule has 8 heteroatoms. The predicted molar refractivity (Wildman–Crippen MR) is 129 cm³/mol. The third-order valence-electron chi connectivity index (χ3n) is 7.27. The first-order valence-electron chi connectivity index (χ1n) is 12.2. The molecule has 0 spiro atoms. The smallest absolute Gasteiger partial charge is 0.223 e. The van der Waals surface area contributed by atoms with Gasteiger partial charge in [-0.25, -0.2) is 0 Å². The van der Waals surface area contributed by atoms with Crippen LogP contribution in [-0.2, 0) is 11.3 Å². The van der Waals surface area contributed by atoms with Crippen molar-refractivity contribution in [2.75, 3.05) is 29.9 Å². The average molecular weight is 448 g/mol. The summed E-state index contributed by atoms with van der Waals surface area (Å²) in [4.78, 5) is 17.4. The highest BCUT2D eigenvalue weighted by Crippen LogP contribution is 2.26. The van der Waals surface area contributed by atoms with Crippen molar-refractivity contribution in [1.82, 2.24) is 25.1 Å². The van der Waals surface area contributed by atoms with Gasteiger partial charge in [-0.1, -0.05) is 31.4 Å². The Morgan fingerprint density at radius 1 is 1.03 bits per heavy atom. The average Bonchev–Trinajstić information content (AvgIpc) is 3.36. The van der Waals surface area contributed by atoms with Crippen LogP contribution in [0.25, 0.3) is 5.65 Å². The molecule has 3 aromatic rings. The Kier molecular flexibility index (Phi) is 6.41. The first-order chi connectivity index (χ1) is 16.2. The predicted octanol–water partition coefficient (Wildman–Crippen LogP) is 3.43. The summed E-state index contributed by atoms with van der Waals surface area (Å²) < 4.78 is 1.69. The highest BCUT2D eigenvalue weighted by atomic mass is 16.1. The number of nitrogens with zero attached hydrogens (tertiary/aromatic N) is 6. The fourth-order valence-electron chi connectivity index (χ4n) is 5.12. The molecule has 1 amide bonds. The van der Waals surface area contributed by atoms with Gasteiger partial charge in [-0.15, -0.1) is 15.3 Å². The van der Waals surface area contributed by atoms with Crippen molar-refractivity contribution in [2.45, 2.75) is 57.5 Å². The van der Waals surface area contributed by atoms with Crippen molar-refractivity contribution >= 4 is 23.1 Å². The molecule has 1 aliphatic carbocycles. The Hall–Kier alpha value is -3.16. The standard InChI is InChI=1S/C25H33N7O/c1-30(21-5-3-2-4-6-21)22-9-7-19(8-10-22)17-26-25(33)20-13-15-31(16-14-20)24-12-11-23-28-27-18-32(23)29-24/h7-12,18,20-21H,2-6,13-17H2,1H3,(H,26,33). The van der Waals surface area contributed by atoms with Crippen LogP contribution in [0.4, 0.5) is 11.5 Å². The minimum atomic E-state index is 0.0524. The van der Waals surface area contributed by atoms with Crippen LogP contribution < -0.4 is 15.1 Å². The van der Waals surface area contributed by atoms with Gasteiger partial charge in [-0.3, -0.25) is 4.79 Å². The minimum Gasteiger partial charge on any atom is -0.372 e. The van der Waals surface area contributed by atoms with E-state index in [4.69, 9.17) is 0 Å². The van der Waals surface area contributed by atoms with Crippen LogP contribution in [0.1, 0.15) is 50.5 Å². The number of nitrogens with one attached hydrogen (secondary N) is 1. The van der Waals surface area contributed by atoms with E-state index in [0.717, 1.165) is 43.0 Å². The third-order valence-corrected chi connectivity index (χ3v) is 7.27. The molecule has 0 bridgehead atoms. The molecule has 2 aromatic heterocycles. The van der Waals surface area contributed by atoms with Gasteiger partial charge in [-0.05, 0) is 55.5 Å². The summed E-state index contributed by atoms with van der Waals surface area (Å²) in [5.41, 5.74) is 3.15. The van der Waals surface area contributed by atoms with Crippen molar-refractivity contribution in [3.63, 3.8) is 0 Å². The summed E-state index contributed by atoms with van der Waals surface area (Å²) in [6.07, 6.45) is 9.91. The fraction of sp³-hybridized carbons (Fsp3) is 0.520. The zero-order chi connectivity index (χ0) is 22.6. The number of anilines is 2. The molecule has 1 aromatic carbocycles. The summed E-state index contributed by atoms with van der Waals surface area (Å²) in [7, 11) is 2.21. The van der Waals surface area contributed by atoms with Gasteiger partial charge in [0.15, 0.2) is 5.65 Å². The number of carbonyl (C=O) groups excluding carboxylic acids is 1. The molecule has 33 heavy (non-hydrogen) atoms. The van der Waals surface area contributed by atoms with E-state index in [-0.39, 0.29) is 11.8 Å².